The van der Waals surface area contributed by atoms with Gasteiger partial charge in [-0.3, -0.25) is 9.10 Å². The molecule has 0 bridgehead atoms. The average molecular weight is 425 g/mol. The zero-order valence-electron chi connectivity index (χ0n) is 17.1. The van der Waals surface area contributed by atoms with Crippen LogP contribution in [0.15, 0.2) is 83.8 Å². The maximum atomic E-state index is 12.7. The molecule has 0 fully saturated rings. The molecule has 0 atom stereocenters. The van der Waals surface area contributed by atoms with Crippen molar-refractivity contribution in [3.63, 3.8) is 0 Å². The topological polar surface area (TPSA) is 66.9 Å². The lowest BCUT2D eigenvalue weighted by atomic mass is 10.1. The van der Waals surface area contributed by atoms with E-state index < -0.39 is 10.0 Å². The highest BCUT2D eigenvalue weighted by Crippen LogP contribution is 2.23. The second kappa shape index (κ2) is 9.00. The molecule has 0 aromatic heterocycles. The molecule has 30 heavy (non-hydrogen) atoms. The van der Waals surface area contributed by atoms with Crippen molar-refractivity contribution in [3.05, 3.63) is 84.4 Å². The summed E-state index contributed by atoms with van der Waals surface area (Å²) in [4.78, 5) is 14.5. The monoisotopic (exact) mass is 424 g/mol. The van der Waals surface area contributed by atoms with E-state index in [2.05, 4.69) is 0 Å². The Bertz CT molecular complexity index is 1110. The summed E-state index contributed by atoms with van der Waals surface area (Å²) in [5, 5.41) is 0. The van der Waals surface area contributed by atoms with Crippen molar-refractivity contribution < 1.29 is 17.9 Å². The van der Waals surface area contributed by atoms with E-state index in [-0.39, 0.29) is 17.2 Å². The third-order valence-electron chi connectivity index (χ3n) is 4.87. The fraction of sp³-hybridized carbons (Fsp3) is 0.174. The van der Waals surface area contributed by atoms with Crippen LogP contribution in [0.5, 0.6) is 5.75 Å². The van der Waals surface area contributed by atoms with Gasteiger partial charge in [0.15, 0.2) is 0 Å². The number of amides is 1. The first-order valence-corrected chi connectivity index (χ1v) is 10.8. The second-order valence-electron chi connectivity index (χ2n) is 6.78. The van der Waals surface area contributed by atoms with E-state index in [4.69, 9.17) is 4.74 Å². The van der Waals surface area contributed by atoms with Gasteiger partial charge in [0.25, 0.3) is 10.0 Å². The van der Waals surface area contributed by atoms with Crippen LogP contribution in [0.2, 0.25) is 0 Å². The number of carbonyl (C=O) groups is 1. The van der Waals surface area contributed by atoms with Gasteiger partial charge in [0.1, 0.15) is 5.75 Å². The summed E-state index contributed by atoms with van der Waals surface area (Å²) in [6.07, 6.45) is 0.198. The van der Waals surface area contributed by atoms with Crippen molar-refractivity contribution >= 4 is 27.3 Å². The molecule has 6 nitrogen and oxygen atoms in total. The molecule has 0 heterocycles. The van der Waals surface area contributed by atoms with Crippen LogP contribution in [0.1, 0.15) is 5.56 Å². The first kappa shape index (κ1) is 21.4. The van der Waals surface area contributed by atoms with Crippen LogP contribution in [0.25, 0.3) is 0 Å². The van der Waals surface area contributed by atoms with Crippen molar-refractivity contribution in [1.29, 1.82) is 0 Å². The van der Waals surface area contributed by atoms with E-state index >= 15 is 0 Å². The summed E-state index contributed by atoms with van der Waals surface area (Å²) in [5.41, 5.74) is 2.06. The molecule has 0 aliphatic heterocycles. The van der Waals surface area contributed by atoms with Gasteiger partial charge in [0, 0.05) is 25.8 Å². The number of anilines is 2. The number of hydrogen-bond donors (Lipinski definition) is 0. The van der Waals surface area contributed by atoms with Crippen molar-refractivity contribution in [2.45, 2.75) is 11.3 Å². The molecule has 0 saturated carbocycles. The Morgan fingerprint density at radius 3 is 2.17 bits per heavy atom. The summed E-state index contributed by atoms with van der Waals surface area (Å²) in [6, 6.07) is 22.5. The lowest BCUT2D eigenvalue weighted by molar-refractivity contribution is -0.117. The molecule has 0 spiro atoms. The summed E-state index contributed by atoms with van der Waals surface area (Å²) in [7, 11) is 1.17. The maximum Gasteiger partial charge on any atom is 0.264 e. The fourth-order valence-corrected chi connectivity index (χ4v) is 4.19. The highest BCUT2D eigenvalue weighted by atomic mass is 32.2. The van der Waals surface area contributed by atoms with Crippen molar-refractivity contribution in [1.82, 2.24) is 0 Å². The second-order valence-corrected chi connectivity index (χ2v) is 8.75. The molecule has 7 heteroatoms. The highest BCUT2D eigenvalue weighted by molar-refractivity contribution is 7.92. The van der Waals surface area contributed by atoms with Gasteiger partial charge in [0.2, 0.25) is 5.91 Å². The zero-order valence-corrected chi connectivity index (χ0v) is 18.0. The van der Waals surface area contributed by atoms with Gasteiger partial charge in [-0.05, 0) is 42.0 Å². The van der Waals surface area contributed by atoms with E-state index in [9.17, 15) is 13.2 Å². The predicted molar refractivity (Wildman–Crippen MR) is 119 cm³/mol. The van der Waals surface area contributed by atoms with Crippen molar-refractivity contribution in [3.8, 4) is 5.75 Å². The molecule has 0 aliphatic rings. The maximum absolute atomic E-state index is 12.7. The largest absolute Gasteiger partial charge is 0.497 e. The molecule has 156 valence electrons. The molecule has 0 unspecified atom stereocenters. The number of benzene rings is 3. The van der Waals surface area contributed by atoms with Crippen molar-refractivity contribution in [2.75, 3.05) is 30.4 Å². The fourth-order valence-electron chi connectivity index (χ4n) is 2.97. The van der Waals surface area contributed by atoms with Crippen molar-refractivity contribution in [2.24, 2.45) is 0 Å². The minimum Gasteiger partial charge on any atom is -0.497 e. The van der Waals surface area contributed by atoms with Gasteiger partial charge in [0.05, 0.1) is 24.1 Å². The number of sulfonamides is 1. The summed E-state index contributed by atoms with van der Waals surface area (Å²) < 4.78 is 31.9. The molecule has 3 aromatic carbocycles. The van der Waals surface area contributed by atoms with E-state index in [1.54, 1.807) is 79.7 Å². The summed E-state index contributed by atoms with van der Waals surface area (Å²) in [6.45, 7) is 0. The van der Waals surface area contributed by atoms with Crippen LogP contribution < -0.4 is 13.9 Å². The lowest BCUT2D eigenvalue weighted by Gasteiger charge is -2.20. The first-order chi connectivity index (χ1) is 14.3. The zero-order chi connectivity index (χ0) is 21.7. The van der Waals surface area contributed by atoms with Gasteiger partial charge >= 0.3 is 0 Å². The molecule has 0 N–H and O–H groups in total. The average Bonchev–Trinajstić information content (AvgIpc) is 2.79. The Morgan fingerprint density at radius 1 is 0.867 bits per heavy atom. The van der Waals surface area contributed by atoms with Crippen LogP contribution >= 0.6 is 0 Å². The van der Waals surface area contributed by atoms with Gasteiger partial charge in [-0.25, -0.2) is 8.42 Å². The third-order valence-corrected chi connectivity index (χ3v) is 6.67. The number of rotatable bonds is 7. The number of methoxy groups -OCH3 is 1. The Kier molecular flexibility index (Phi) is 6.42. The van der Waals surface area contributed by atoms with E-state index in [1.165, 1.54) is 11.4 Å². The van der Waals surface area contributed by atoms with Crippen LogP contribution in [-0.2, 0) is 21.2 Å². The van der Waals surface area contributed by atoms with E-state index in [1.807, 2.05) is 18.2 Å². The molecule has 0 radical (unpaired) electrons. The third kappa shape index (κ3) is 4.63. The van der Waals surface area contributed by atoms with E-state index in [0.29, 0.717) is 11.4 Å². The normalized spacial score (nSPS) is 11.0. The van der Waals surface area contributed by atoms with Gasteiger partial charge < -0.3 is 9.64 Å². The number of ether oxygens (including phenoxy) is 1. The van der Waals surface area contributed by atoms with Crippen LogP contribution in [0, 0.1) is 0 Å². The quantitative estimate of drug-likeness (QED) is 0.580. The predicted octanol–water partition coefficient (Wildman–Crippen LogP) is 3.73. The SMILES string of the molecule is COc1cccc(N(C)C(=O)Cc2ccc(N(C)S(=O)(=O)c3ccccc3)cc2)c1. The standard InChI is InChI=1S/C23H24N2O4S/c1-24(20-8-7-9-21(17-20)29-3)23(26)16-18-12-14-19(15-13-18)25(2)30(27,28)22-10-5-4-6-11-22/h4-15,17H,16H2,1-3H3. The smallest absolute Gasteiger partial charge is 0.264 e. The summed E-state index contributed by atoms with van der Waals surface area (Å²) in [5.74, 6) is 0.598. The first-order valence-electron chi connectivity index (χ1n) is 9.36. The molecule has 1 amide bonds. The molecular weight excluding hydrogens is 400 g/mol. The number of carbonyl (C=O) groups excluding carboxylic acids is 1. The van der Waals surface area contributed by atoms with Gasteiger partial charge in [-0.2, -0.15) is 0 Å². The van der Waals surface area contributed by atoms with Crippen LogP contribution in [-0.4, -0.2) is 35.5 Å². The molecule has 3 aromatic rings. The molecule has 0 saturated heterocycles. The summed E-state index contributed by atoms with van der Waals surface area (Å²) >= 11 is 0. The Morgan fingerprint density at radius 2 is 1.53 bits per heavy atom. The molecule has 0 aliphatic carbocycles. The van der Waals surface area contributed by atoms with Crippen LogP contribution in [0.3, 0.4) is 0 Å². The number of nitrogens with zero attached hydrogens (tertiary/aromatic N) is 2. The Labute approximate surface area is 177 Å². The van der Waals surface area contributed by atoms with E-state index in [0.717, 1.165) is 11.3 Å². The highest BCUT2D eigenvalue weighted by Gasteiger charge is 2.21. The van der Waals surface area contributed by atoms with Crippen LogP contribution in [0.4, 0.5) is 11.4 Å². The lowest BCUT2D eigenvalue weighted by Crippen LogP contribution is -2.28. The van der Waals surface area contributed by atoms with Gasteiger partial charge in [-0.1, -0.05) is 36.4 Å². The minimum absolute atomic E-state index is 0.0822. The Balaban J connectivity index is 1.71. The molecular formula is C23H24N2O4S. The minimum atomic E-state index is -3.64. The van der Waals surface area contributed by atoms with Gasteiger partial charge in [-0.15, -0.1) is 0 Å². The Hall–Kier alpha value is -3.32. The number of hydrogen-bond acceptors (Lipinski definition) is 4. The molecule has 3 rings (SSSR count). The number of likely N-dealkylation sites (N-methyl/N-ethyl adjacent to an activating group) is 1.